The number of benzene rings is 2. The van der Waals surface area contributed by atoms with Gasteiger partial charge in [0.05, 0.1) is 15.0 Å². The SMILES string of the molecule is Cc1ccc(S(=O)(=O)N2CC(S(=O)(=O)c3ccc(Cl)cc3)C2)cc1. The number of hydrogen-bond donors (Lipinski definition) is 0. The van der Waals surface area contributed by atoms with Crippen molar-refractivity contribution in [3.63, 3.8) is 0 Å². The molecule has 0 saturated carbocycles. The Kier molecular flexibility index (Phi) is 4.46. The van der Waals surface area contributed by atoms with Gasteiger partial charge in [0.25, 0.3) is 0 Å². The van der Waals surface area contributed by atoms with Crippen LogP contribution in [0.15, 0.2) is 58.3 Å². The molecule has 2 aromatic rings. The van der Waals surface area contributed by atoms with E-state index in [1.54, 1.807) is 12.1 Å². The fourth-order valence-corrected chi connectivity index (χ4v) is 5.97. The summed E-state index contributed by atoms with van der Waals surface area (Å²) in [5.74, 6) is 0. The van der Waals surface area contributed by atoms with Gasteiger partial charge in [-0.3, -0.25) is 0 Å². The highest BCUT2D eigenvalue weighted by Crippen LogP contribution is 2.29. The largest absolute Gasteiger partial charge is 0.243 e. The smallest absolute Gasteiger partial charge is 0.223 e. The van der Waals surface area contributed by atoms with Crippen LogP contribution in [0.2, 0.25) is 5.02 Å². The Bertz CT molecular complexity index is 867. The predicted molar refractivity (Wildman–Crippen MR) is 92.4 cm³/mol. The molecule has 0 unspecified atom stereocenters. The summed E-state index contributed by atoms with van der Waals surface area (Å²) in [7, 11) is -7.22. The van der Waals surface area contributed by atoms with Crippen molar-refractivity contribution in [1.82, 2.24) is 4.31 Å². The summed E-state index contributed by atoms with van der Waals surface area (Å²) in [5, 5.41) is -0.287. The van der Waals surface area contributed by atoms with Gasteiger partial charge in [0.1, 0.15) is 0 Å². The fraction of sp³-hybridized carbons (Fsp3) is 0.250. The van der Waals surface area contributed by atoms with Crippen LogP contribution < -0.4 is 0 Å². The lowest BCUT2D eigenvalue weighted by molar-refractivity contribution is 0.309. The van der Waals surface area contributed by atoms with Crippen LogP contribution in [-0.4, -0.2) is 39.5 Å². The standard InChI is InChI=1S/C16H16ClNO4S2/c1-12-2-6-15(7-3-12)24(21,22)18-10-16(11-18)23(19,20)14-8-4-13(17)5-9-14/h2-9,16H,10-11H2,1H3. The molecule has 0 bridgehead atoms. The van der Waals surface area contributed by atoms with Crippen molar-refractivity contribution in [3.8, 4) is 0 Å². The van der Waals surface area contributed by atoms with Gasteiger partial charge >= 0.3 is 0 Å². The molecule has 0 amide bonds. The van der Waals surface area contributed by atoms with Gasteiger partial charge in [0.2, 0.25) is 10.0 Å². The number of nitrogens with zero attached hydrogens (tertiary/aromatic N) is 1. The zero-order valence-corrected chi connectivity index (χ0v) is 15.3. The van der Waals surface area contributed by atoms with Crippen LogP contribution in [-0.2, 0) is 19.9 Å². The highest BCUT2D eigenvalue weighted by molar-refractivity contribution is 7.92. The second kappa shape index (κ2) is 6.15. The Balaban J connectivity index is 1.77. The van der Waals surface area contributed by atoms with Crippen molar-refractivity contribution in [3.05, 3.63) is 59.1 Å². The van der Waals surface area contributed by atoms with E-state index in [2.05, 4.69) is 0 Å². The number of rotatable bonds is 4. The summed E-state index contributed by atoms with van der Waals surface area (Å²) in [4.78, 5) is 0.333. The van der Waals surface area contributed by atoms with E-state index in [0.29, 0.717) is 5.02 Å². The lowest BCUT2D eigenvalue weighted by atomic mass is 10.2. The van der Waals surface area contributed by atoms with Gasteiger partial charge in [0, 0.05) is 18.1 Å². The monoisotopic (exact) mass is 385 g/mol. The summed E-state index contributed by atoms with van der Waals surface area (Å²) in [6.07, 6.45) is 0. The van der Waals surface area contributed by atoms with Crippen LogP contribution in [0.4, 0.5) is 0 Å². The topological polar surface area (TPSA) is 71.5 Å². The van der Waals surface area contributed by atoms with Crippen molar-refractivity contribution in [1.29, 1.82) is 0 Å². The van der Waals surface area contributed by atoms with Crippen molar-refractivity contribution in [2.45, 2.75) is 22.0 Å². The van der Waals surface area contributed by atoms with Crippen LogP contribution in [0, 0.1) is 6.92 Å². The van der Waals surface area contributed by atoms with Crippen molar-refractivity contribution < 1.29 is 16.8 Å². The normalized spacial score (nSPS) is 16.8. The third-order valence-corrected chi connectivity index (χ3v) is 8.26. The second-order valence-electron chi connectivity index (χ2n) is 5.76. The maximum atomic E-state index is 12.5. The van der Waals surface area contributed by atoms with Crippen molar-refractivity contribution in [2.24, 2.45) is 0 Å². The number of aryl methyl sites for hydroxylation is 1. The molecule has 0 spiro atoms. The third-order valence-electron chi connectivity index (χ3n) is 4.05. The molecule has 0 aliphatic carbocycles. The Morgan fingerprint density at radius 2 is 1.38 bits per heavy atom. The van der Waals surface area contributed by atoms with E-state index in [0.717, 1.165) is 5.56 Å². The van der Waals surface area contributed by atoms with Gasteiger partial charge in [-0.1, -0.05) is 29.3 Å². The highest BCUT2D eigenvalue weighted by atomic mass is 35.5. The first kappa shape index (κ1) is 17.4. The first-order valence-electron chi connectivity index (χ1n) is 7.27. The molecule has 1 aliphatic rings. The average Bonchev–Trinajstić information content (AvgIpc) is 2.46. The van der Waals surface area contributed by atoms with Crippen LogP contribution in [0.3, 0.4) is 0 Å². The Hall–Kier alpha value is -1.41. The molecule has 5 nitrogen and oxygen atoms in total. The van der Waals surface area contributed by atoms with Gasteiger partial charge in [-0.15, -0.1) is 0 Å². The minimum atomic E-state index is -3.65. The second-order valence-corrected chi connectivity index (χ2v) is 10.4. The van der Waals surface area contributed by atoms with Crippen LogP contribution >= 0.6 is 11.6 Å². The lowest BCUT2D eigenvalue weighted by Gasteiger charge is -2.37. The summed E-state index contributed by atoms with van der Waals surface area (Å²) >= 11 is 5.77. The van der Waals surface area contributed by atoms with Crippen LogP contribution in [0.5, 0.6) is 0 Å². The molecule has 0 N–H and O–H groups in total. The zero-order chi connectivity index (χ0) is 17.5. The van der Waals surface area contributed by atoms with E-state index < -0.39 is 25.1 Å². The van der Waals surface area contributed by atoms with Gasteiger partial charge in [-0.05, 0) is 43.3 Å². The molecule has 8 heteroatoms. The minimum Gasteiger partial charge on any atom is -0.223 e. The van der Waals surface area contributed by atoms with Gasteiger partial charge < -0.3 is 0 Å². The molecule has 1 saturated heterocycles. The highest BCUT2D eigenvalue weighted by Gasteiger charge is 2.44. The zero-order valence-electron chi connectivity index (χ0n) is 12.9. The molecule has 0 aromatic heterocycles. The predicted octanol–water partition coefficient (Wildman–Crippen LogP) is 2.50. The van der Waals surface area contributed by atoms with E-state index in [9.17, 15) is 16.8 Å². The van der Waals surface area contributed by atoms with Crippen molar-refractivity contribution in [2.75, 3.05) is 13.1 Å². The van der Waals surface area contributed by atoms with Gasteiger partial charge in [-0.2, -0.15) is 4.31 Å². The minimum absolute atomic E-state index is 0.0405. The molecule has 0 atom stereocenters. The van der Waals surface area contributed by atoms with Gasteiger partial charge in [0.15, 0.2) is 9.84 Å². The summed E-state index contributed by atoms with van der Waals surface area (Å²) in [5.41, 5.74) is 0.959. The number of halogens is 1. The van der Waals surface area contributed by atoms with E-state index in [-0.39, 0.29) is 22.9 Å². The quantitative estimate of drug-likeness (QED) is 0.810. The number of sulfonamides is 1. The molecule has 3 rings (SSSR count). The Morgan fingerprint density at radius 3 is 1.92 bits per heavy atom. The average molecular weight is 386 g/mol. The fourth-order valence-electron chi connectivity index (χ4n) is 2.47. The molecule has 2 aromatic carbocycles. The van der Waals surface area contributed by atoms with Crippen LogP contribution in [0.1, 0.15) is 5.56 Å². The van der Waals surface area contributed by atoms with E-state index in [1.165, 1.54) is 40.7 Å². The first-order chi connectivity index (χ1) is 11.2. The lowest BCUT2D eigenvalue weighted by Crippen LogP contribution is -2.56. The summed E-state index contributed by atoms with van der Waals surface area (Å²) < 4.78 is 51.2. The molecule has 1 fully saturated rings. The van der Waals surface area contributed by atoms with Gasteiger partial charge in [-0.25, -0.2) is 16.8 Å². The maximum absolute atomic E-state index is 12.5. The molecular weight excluding hydrogens is 370 g/mol. The Labute approximate surface area is 146 Å². The van der Waals surface area contributed by atoms with E-state index >= 15 is 0 Å². The molecule has 1 heterocycles. The molecular formula is C16H16ClNO4S2. The van der Waals surface area contributed by atoms with Crippen LogP contribution in [0.25, 0.3) is 0 Å². The van der Waals surface area contributed by atoms with Crippen molar-refractivity contribution >= 4 is 31.5 Å². The molecule has 0 radical (unpaired) electrons. The first-order valence-corrected chi connectivity index (χ1v) is 10.6. The molecule has 128 valence electrons. The molecule has 24 heavy (non-hydrogen) atoms. The van der Waals surface area contributed by atoms with E-state index in [4.69, 9.17) is 11.6 Å². The third kappa shape index (κ3) is 3.09. The summed E-state index contributed by atoms with van der Waals surface area (Å²) in [6, 6.07) is 12.4. The maximum Gasteiger partial charge on any atom is 0.243 e. The summed E-state index contributed by atoms with van der Waals surface area (Å²) in [6.45, 7) is 1.79. The number of sulfone groups is 1. The molecule has 1 aliphatic heterocycles. The Morgan fingerprint density at radius 1 is 0.875 bits per heavy atom. The van der Waals surface area contributed by atoms with E-state index in [1.807, 2.05) is 6.92 Å². The number of hydrogen-bond acceptors (Lipinski definition) is 4.